The van der Waals surface area contributed by atoms with Gasteiger partial charge in [-0.3, -0.25) is 27.7 Å². The Morgan fingerprint density at radius 2 is 1.67 bits per heavy atom. The monoisotopic (exact) mass is 663 g/mol. The molecule has 248 valence electrons. The lowest BCUT2D eigenvalue weighted by molar-refractivity contribution is -0.145. The van der Waals surface area contributed by atoms with Gasteiger partial charge in [-0.25, -0.2) is 14.2 Å². The third-order valence-corrected chi connectivity index (χ3v) is 8.56. The highest BCUT2D eigenvalue weighted by atomic mass is 31.2. The van der Waals surface area contributed by atoms with Crippen molar-refractivity contribution in [2.75, 3.05) is 7.05 Å². The highest BCUT2D eigenvalue weighted by molar-refractivity contribution is 7.48. The fraction of sp³-hybridized carbons (Fsp3) is 0.419. The first-order valence-electron chi connectivity index (χ1n) is 14.3. The molecule has 2 heterocycles. The fourth-order valence-corrected chi connectivity index (χ4v) is 6.42. The summed E-state index contributed by atoms with van der Waals surface area (Å²) in [7, 11) is -2.82. The second-order valence-electron chi connectivity index (χ2n) is 12.6. The first-order chi connectivity index (χ1) is 21.2. The summed E-state index contributed by atoms with van der Waals surface area (Å²) in [6, 6.07) is 10.5. The molecule has 2 aromatic carbocycles. The molecule has 4 aromatic rings. The molecule has 4 rings (SSSR count). The second-order valence-corrected chi connectivity index (χ2v) is 14.1. The van der Waals surface area contributed by atoms with Crippen molar-refractivity contribution < 1.29 is 36.1 Å². The van der Waals surface area contributed by atoms with Crippen molar-refractivity contribution >= 4 is 24.6 Å². The lowest BCUT2D eigenvalue weighted by Gasteiger charge is -2.31. The molecule has 0 bridgehead atoms. The number of phosphoric ester groups is 1. The van der Waals surface area contributed by atoms with Crippen LogP contribution in [0.2, 0.25) is 0 Å². The molecular weight excluding hydrogens is 626 g/mol. The lowest BCUT2D eigenvalue weighted by Crippen LogP contribution is -2.25. The Kier molecular flexibility index (Phi) is 9.71. The van der Waals surface area contributed by atoms with E-state index < -0.39 is 49.2 Å². The molecule has 0 unspecified atom stereocenters. The van der Waals surface area contributed by atoms with Gasteiger partial charge in [-0.2, -0.15) is 18.3 Å². The summed E-state index contributed by atoms with van der Waals surface area (Å²) in [4.78, 5) is 29.9. The van der Waals surface area contributed by atoms with Crippen LogP contribution in [0.4, 0.5) is 13.2 Å². The smallest absolute Gasteiger partial charge is 0.355 e. The van der Waals surface area contributed by atoms with E-state index in [0.29, 0.717) is 15.8 Å². The van der Waals surface area contributed by atoms with Gasteiger partial charge in [0, 0.05) is 18.2 Å². The summed E-state index contributed by atoms with van der Waals surface area (Å²) in [6.45, 7) is 10.5. The van der Waals surface area contributed by atoms with E-state index in [2.05, 4.69) is 15.4 Å². The van der Waals surface area contributed by atoms with Gasteiger partial charge in [0.05, 0.1) is 40.7 Å². The van der Waals surface area contributed by atoms with E-state index in [-0.39, 0.29) is 27.9 Å². The standard InChI is InChI=1S/C31H37F3N5O6P/c1-19(20-10-9-11-22(14-20)27(40)35-8)38-17-36-25-15-21(12-13-23(25)28(38)41)24-16-37-39(26(24)31(32,33)34)18-43-46(42,44-29(2,3)4)45-30(5,6)7/h9-17,19H,18H2,1-8H3,(H,35,40)/t19-/m1/s1. The zero-order chi connectivity index (χ0) is 34.2. The van der Waals surface area contributed by atoms with Crippen molar-refractivity contribution in [3.8, 4) is 11.1 Å². The molecule has 0 saturated carbocycles. The molecule has 1 atom stereocenters. The van der Waals surface area contributed by atoms with Crippen molar-refractivity contribution in [2.45, 2.75) is 78.6 Å². The summed E-state index contributed by atoms with van der Waals surface area (Å²) in [6.07, 6.45) is -2.56. The first kappa shape index (κ1) is 35.0. The molecule has 0 fully saturated rings. The number of carbonyl (C=O) groups excluding carboxylic acids is 1. The predicted octanol–water partition coefficient (Wildman–Crippen LogP) is 6.96. The lowest BCUT2D eigenvalue weighted by atomic mass is 10.0. The number of rotatable bonds is 9. The first-order valence-corrected chi connectivity index (χ1v) is 15.8. The van der Waals surface area contributed by atoms with E-state index in [4.69, 9.17) is 13.6 Å². The molecule has 15 heteroatoms. The van der Waals surface area contributed by atoms with Gasteiger partial charge in [-0.15, -0.1) is 0 Å². The molecular formula is C31H37F3N5O6P. The normalized spacial score (nSPS) is 13.6. The molecule has 0 spiro atoms. The van der Waals surface area contributed by atoms with Gasteiger partial charge < -0.3 is 5.32 Å². The summed E-state index contributed by atoms with van der Waals surface area (Å²) >= 11 is 0. The van der Waals surface area contributed by atoms with Crippen molar-refractivity contribution in [3.05, 3.63) is 82.2 Å². The SMILES string of the molecule is CNC(=O)c1cccc([C@@H](C)n2cnc3cc(-c4cnn(COP(=O)(OC(C)(C)C)OC(C)(C)C)c4C(F)(F)F)ccc3c2=O)c1. The van der Waals surface area contributed by atoms with Crippen molar-refractivity contribution in [1.82, 2.24) is 24.6 Å². The molecule has 0 saturated heterocycles. The van der Waals surface area contributed by atoms with Crippen LogP contribution in [0, 0.1) is 0 Å². The Bertz CT molecular complexity index is 1840. The number of amides is 1. The average Bonchev–Trinajstić information content (AvgIpc) is 3.38. The number of aromatic nitrogens is 4. The van der Waals surface area contributed by atoms with Crippen LogP contribution < -0.4 is 10.9 Å². The zero-order valence-corrected chi connectivity index (χ0v) is 27.7. The topological polar surface area (TPSA) is 127 Å². The molecule has 0 radical (unpaired) electrons. The number of benzene rings is 2. The van der Waals surface area contributed by atoms with Crippen LogP contribution in [0.5, 0.6) is 0 Å². The molecule has 1 amide bonds. The summed E-state index contributed by atoms with van der Waals surface area (Å²) < 4.78 is 75.0. The zero-order valence-electron chi connectivity index (χ0n) is 26.8. The molecule has 46 heavy (non-hydrogen) atoms. The highest BCUT2D eigenvalue weighted by Crippen LogP contribution is 2.55. The van der Waals surface area contributed by atoms with Crippen LogP contribution >= 0.6 is 7.82 Å². The van der Waals surface area contributed by atoms with E-state index >= 15 is 0 Å². The minimum atomic E-state index is -4.89. The summed E-state index contributed by atoms with van der Waals surface area (Å²) in [5.74, 6) is -0.274. The van der Waals surface area contributed by atoms with Crippen LogP contribution in [0.15, 0.2) is 59.8 Å². The number of fused-ring (bicyclic) bond motifs is 1. The summed E-state index contributed by atoms with van der Waals surface area (Å²) in [5, 5.41) is 6.62. The molecule has 11 nitrogen and oxygen atoms in total. The van der Waals surface area contributed by atoms with Crippen molar-refractivity contribution in [3.63, 3.8) is 0 Å². The van der Waals surface area contributed by atoms with Gasteiger partial charge >= 0.3 is 14.0 Å². The van der Waals surface area contributed by atoms with Crippen molar-refractivity contribution in [2.24, 2.45) is 0 Å². The molecule has 0 aliphatic heterocycles. The number of nitrogens with one attached hydrogen (secondary N) is 1. The van der Waals surface area contributed by atoms with E-state index in [0.717, 1.165) is 6.20 Å². The molecule has 1 N–H and O–H groups in total. The summed E-state index contributed by atoms with van der Waals surface area (Å²) in [5.41, 5.74) is -2.48. The van der Waals surface area contributed by atoms with E-state index in [1.807, 2.05) is 0 Å². The maximum Gasteiger partial charge on any atom is 0.477 e. The van der Waals surface area contributed by atoms with Gasteiger partial charge in [-0.1, -0.05) is 18.2 Å². The second kappa shape index (κ2) is 12.7. The fourth-order valence-electron chi connectivity index (χ4n) is 4.68. The third kappa shape index (κ3) is 8.11. The Morgan fingerprint density at radius 1 is 1.02 bits per heavy atom. The van der Waals surface area contributed by atoms with E-state index in [1.165, 1.54) is 36.1 Å². The van der Waals surface area contributed by atoms with Crippen LogP contribution in [0.25, 0.3) is 22.0 Å². The molecule has 0 aliphatic carbocycles. The third-order valence-electron chi connectivity index (χ3n) is 6.59. The van der Waals surface area contributed by atoms with Gasteiger partial charge in [-0.05, 0) is 83.9 Å². The highest BCUT2D eigenvalue weighted by Gasteiger charge is 2.41. The largest absolute Gasteiger partial charge is 0.477 e. The maximum atomic E-state index is 14.4. The predicted molar refractivity (Wildman–Crippen MR) is 166 cm³/mol. The van der Waals surface area contributed by atoms with Crippen LogP contribution in [-0.2, 0) is 31.0 Å². The number of hydrogen-bond acceptors (Lipinski definition) is 8. The Labute approximate surface area is 264 Å². The Morgan fingerprint density at radius 3 is 2.26 bits per heavy atom. The van der Waals surface area contributed by atoms with Gasteiger partial charge in [0.2, 0.25) is 0 Å². The van der Waals surface area contributed by atoms with Crippen LogP contribution in [0.1, 0.15) is 76.1 Å². The average molecular weight is 664 g/mol. The minimum Gasteiger partial charge on any atom is -0.355 e. The van der Waals surface area contributed by atoms with Crippen LogP contribution in [0.3, 0.4) is 0 Å². The van der Waals surface area contributed by atoms with Gasteiger partial charge in [0.1, 0.15) is 0 Å². The number of alkyl halides is 3. The van der Waals surface area contributed by atoms with Crippen molar-refractivity contribution in [1.29, 1.82) is 0 Å². The van der Waals surface area contributed by atoms with E-state index in [9.17, 15) is 27.3 Å². The minimum absolute atomic E-state index is 0.0992. The van der Waals surface area contributed by atoms with Gasteiger partial charge in [0.25, 0.3) is 11.5 Å². The quantitative estimate of drug-likeness (QED) is 0.191. The maximum absolute atomic E-state index is 14.4. The molecule has 2 aromatic heterocycles. The number of carbonyl (C=O) groups is 1. The number of halogens is 3. The Hall–Kier alpha value is -3.84. The Balaban J connectivity index is 1.69. The van der Waals surface area contributed by atoms with Gasteiger partial charge in [0.15, 0.2) is 12.4 Å². The number of nitrogens with zero attached hydrogens (tertiary/aromatic N) is 4. The van der Waals surface area contributed by atoms with Crippen LogP contribution in [-0.4, -0.2) is 43.5 Å². The molecule has 0 aliphatic rings. The number of phosphoric acid groups is 1. The number of hydrogen-bond donors (Lipinski definition) is 1. The van der Waals surface area contributed by atoms with E-state index in [1.54, 1.807) is 72.7 Å².